The molecule has 172 valence electrons. The molecule has 1 unspecified atom stereocenters. The van der Waals surface area contributed by atoms with Crippen LogP contribution in [0.5, 0.6) is 0 Å². The molecule has 1 atom stereocenters. The summed E-state index contributed by atoms with van der Waals surface area (Å²) < 4.78 is 5.73. The van der Waals surface area contributed by atoms with Crippen molar-refractivity contribution in [2.24, 2.45) is 15.7 Å². The van der Waals surface area contributed by atoms with Crippen LogP contribution in [0.1, 0.15) is 11.1 Å². The highest BCUT2D eigenvalue weighted by Gasteiger charge is 2.27. The predicted octanol–water partition coefficient (Wildman–Crippen LogP) is 3.53. The van der Waals surface area contributed by atoms with Crippen molar-refractivity contribution in [2.75, 3.05) is 10.6 Å². The minimum Gasteiger partial charge on any atom is -0.405 e. The van der Waals surface area contributed by atoms with Crippen molar-refractivity contribution in [3.63, 3.8) is 0 Å². The number of amides is 1. The third-order valence-electron chi connectivity index (χ3n) is 5.08. The number of rotatable bonds is 6. The number of aliphatic imine (C=N–C) groups is 2. The van der Waals surface area contributed by atoms with E-state index in [0.717, 1.165) is 11.1 Å². The minimum absolute atomic E-state index is 0.0532. The standard InChI is InChI=1S/C25H20N8O2/c26-13-6-14-27-20-12-11-17(15-28-20)24-32-33-25(35-24)31-22-23(34)29-19-10-5-4-9-18(19)21(30-22)16-7-2-1-3-8-16/h1-15,22H,26H2,(H,29,34)(H,31,33). The largest absolute Gasteiger partial charge is 0.405 e. The van der Waals surface area contributed by atoms with Gasteiger partial charge in [-0.2, -0.15) is 0 Å². The molecule has 3 heterocycles. The summed E-state index contributed by atoms with van der Waals surface area (Å²) in [7, 11) is 0. The summed E-state index contributed by atoms with van der Waals surface area (Å²) in [5.41, 5.74) is 8.92. The Balaban J connectivity index is 1.41. The zero-order valence-corrected chi connectivity index (χ0v) is 18.4. The van der Waals surface area contributed by atoms with Gasteiger partial charge in [0.05, 0.1) is 17.0 Å². The van der Waals surface area contributed by atoms with E-state index >= 15 is 0 Å². The second-order valence-corrected chi connectivity index (χ2v) is 7.41. The summed E-state index contributed by atoms with van der Waals surface area (Å²) in [5.74, 6) is 0.391. The van der Waals surface area contributed by atoms with E-state index in [1.807, 2.05) is 54.6 Å². The van der Waals surface area contributed by atoms with Gasteiger partial charge in [0.2, 0.25) is 6.17 Å². The van der Waals surface area contributed by atoms with Gasteiger partial charge in [0.1, 0.15) is 0 Å². The van der Waals surface area contributed by atoms with E-state index in [-0.39, 0.29) is 17.8 Å². The van der Waals surface area contributed by atoms with E-state index in [2.05, 4.69) is 30.8 Å². The van der Waals surface area contributed by atoms with E-state index in [1.165, 1.54) is 12.4 Å². The van der Waals surface area contributed by atoms with Gasteiger partial charge >= 0.3 is 6.01 Å². The van der Waals surface area contributed by atoms with Crippen molar-refractivity contribution in [1.29, 1.82) is 0 Å². The first-order valence-corrected chi connectivity index (χ1v) is 10.7. The zero-order valence-electron chi connectivity index (χ0n) is 18.4. The molecule has 0 spiro atoms. The highest BCUT2D eigenvalue weighted by molar-refractivity contribution is 6.19. The van der Waals surface area contributed by atoms with Gasteiger partial charge in [-0.05, 0) is 30.5 Å². The third kappa shape index (κ3) is 4.81. The number of nitrogens with two attached hydrogens (primary N) is 1. The van der Waals surface area contributed by atoms with E-state index in [1.54, 1.807) is 24.4 Å². The van der Waals surface area contributed by atoms with Crippen molar-refractivity contribution in [2.45, 2.75) is 6.17 Å². The number of fused-ring (bicyclic) bond motifs is 1. The Kier molecular flexibility index (Phi) is 6.07. The van der Waals surface area contributed by atoms with Gasteiger partial charge in [-0.15, -0.1) is 5.10 Å². The normalized spacial score (nSPS) is 15.5. The van der Waals surface area contributed by atoms with Crippen LogP contribution in [0.25, 0.3) is 11.5 Å². The Labute approximate surface area is 200 Å². The van der Waals surface area contributed by atoms with Crippen LogP contribution in [0, 0.1) is 0 Å². The first-order valence-electron chi connectivity index (χ1n) is 10.7. The molecule has 1 aliphatic heterocycles. The zero-order chi connectivity index (χ0) is 24.0. The Morgan fingerprint density at radius 2 is 1.83 bits per heavy atom. The molecule has 4 N–H and O–H groups in total. The molecule has 1 aliphatic rings. The van der Waals surface area contributed by atoms with Crippen LogP contribution < -0.4 is 16.4 Å². The Hall–Kier alpha value is -5.12. The molecule has 0 bridgehead atoms. The number of pyridine rings is 1. The number of aromatic nitrogens is 3. The van der Waals surface area contributed by atoms with Crippen molar-refractivity contribution >= 4 is 35.4 Å². The van der Waals surface area contributed by atoms with Gasteiger partial charge in [0, 0.05) is 23.5 Å². The maximum absolute atomic E-state index is 13.0. The topological polar surface area (TPSA) is 144 Å². The number of hydrogen-bond donors (Lipinski definition) is 3. The number of hydrogen-bond acceptors (Lipinski definition) is 9. The SMILES string of the molecule is NC=CC=Nc1ccc(-c2nnc(NC3N=C(c4ccccc4)c4ccccc4NC3=O)o2)cn1. The lowest BCUT2D eigenvalue weighted by molar-refractivity contribution is -0.116. The summed E-state index contributed by atoms with van der Waals surface area (Å²) in [4.78, 5) is 26.1. The molecule has 0 aliphatic carbocycles. The van der Waals surface area contributed by atoms with Gasteiger partial charge in [-0.3, -0.25) is 4.79 Å². The number of nitrogens with one attached hydrogen (secondary N) is 2. The van der Waals surface area contributed by atoms with Crippen molar-refractivity contribution < 1.29 is 9.21 Å². The highest BCUT2D eigenvalue weighted by atomic mass is 16.4. The molecule has 35 heavy (non-hydrogen) atoms. The van der Waals surface area contributed by atoms with Gasteiger partial charge in [-0.25, -0.2) is 15.0 Å². The van der Waals surface area contributed by atoms with Crippen molar-refractivity contribution in [1.82, 2.24) is 15.2 Å². The second kappa shape index (κ2) is 9.79. The number of carbonyl (C=O) groups is 1. The summed E-state index contributed by atoms with van der Waals surface area (Å²) in [6.07, 6.45) is 5.09. The third-order valence-corrected chi connectivity index (χ3v) is 5.08. The monoisotopic (exact) mass is 464 g/mol. The van der Waals surface area contributed by atoms with Crippen LogP contribution in [0.4, 0.5) is 17.5 Å². The van der Waals surface area contributed by atoms with Gasteiger partial charge < -0.3 is 20.8 Å². The average Bonchev–Trinajstić information content (AvgIpc) is 3.31. The summed E-state index contributed by atoms with van der Waals surface area (Å²) in [6, 6.07) is 20.7. The van der Waals surface area contributed by atoms with E-state index in [0.29, 0.717) is 22.8 Å². The minimum atomic E-state index is -0.989. The molecule has 0 fully saturated rings. The van der Waals surface area contributed by atoms with Crippen LogP contribution in [0.2, 0.25) is 0 Å². The van der Waals surface area contributed by atoms with Crippen LogP contribution in [-0.4, -0.2) is 39.2 Å². The Bertz CT molecular complexity index is 1430. The van der Waals surface area contributed by atoms with Gasteiger partial charge in [0.25, 0.3) is 11.8 Å². The molecule has 5 rings (SSSR count). The quantitative estimate of drug-likeness (QED) is 0.370. The fourth-order valence-corrected chi connectivity index (χ4v) is 3.45. The Morgan fingerprint density at radius 1 is 1.00 bits per heavy atom. The summed E-state index contributed by atoms with van der Waals surface area (Å²) in [5, 5.41) is 13.9. The van der Waals surface area contributed by atoms with E-state index in [9.17, 15) is 4.79 Å². The molecule has 0 radical (unpaired) electrons. The lowest BCUT2D eigenvalue weighted by Crippen LogP contribution is -2.32. The fraction of sp³-hybridized carbons (Fsp3) is 0.0400. The summed E-state index contributed by atoms with van der Waals surface area (Å²) >= 11 is 0. The number of para-hydroxylation sites is 1. The molecular weight excluding hydrogens is 444 g/mol. The number of carbonyl (C=O) groups excluding carboxylic acids is 1. The first-order chi connectivity index (χ1) is 17.2. The fourth-order valence-electron chi connectivity index (χ4n) is 3.45. The molecule has 2 aromatic heterocycles. The molecule has 10 nitrogen and oxygen atoms in total. The number of benzene rings is 2. The maximum Gasteiger partial charge on any atom is 0.317 e. The van der Waals surface area contributed by atoms with Crippen LogP contribution in [0.3, 0.4) is 0 Å². The molecular formula is C25H20N8O2. The molecule has 10 heteroatoms. The van der Waals surface area contributed by atoms with Crippen molar-refractivity contribution in [3.8, 4) is 11.5 Å². The van der Waals surface area contributed by atoms with Crippen LogP contribution in [0.15, 0.2) is 99.6 Å². The molecule has 0 saturated heterocycles. The predicted molar refractivity (Wildman–Crippen MR) is 134 cm³/mol. The number of anilines is 2. The highest BCUT2D eigenvalue weighted by Crippen LogP contribution is 2.26. The number of benzodiazepines with no additional fused rings is 1. The molecule has 0 saturated carbocycles. The average molecular weight is 464 g/mol. The Morgan fingerprint density at radius 3 is 2.63 bits per heavy atom. The van der Waals surface area contributed by atoms with Crippen LogP contribution in [-0.2, 0) is 4.79 Å². The first kappa shape index (κ1) is 21.7. The second-order valence-electron chi connectivity index (χ2n) is 7.41. The molecule has 1 amide bonds. The summed E-state index contributed by atoms with van der Waals surface area (Å²) in [6.45, 7) is 0. The van der Waals surface area contributed by atoms with Crippen LogP contribution >= 0.6 is 0 Å². The number of nitrogens with zero attached hydrogens (tertiary/aromatic N) is 5. The van der Waals surface area contributed by atoms with E-state index in [4.69, 9.17) is 15.1 Å². The molecule has 4 aromatic rings. The van der Waals surface area contributed by atoms with Gasteiger partial charge in [-0.1, -0.05) is 53.6 Å². The van der Waals surface area contributed by atoms with Crippen molar-refractivity contribution in [3.05, 3.63) is 96.3 Å². The van der Waals surface area contributed by atoms with Gasteiger partial charge in [0.15, 0.2) is 5.82 Å². The smallest absolute Gasteiger partial charge is 0.317 e. The molecule has 2 aromatic carbocycles. The maximum atomic E-state index is 13.0. The number of allylic oxidation sites excluding steroid dienone is 1. The van der Waals surface area contributed by atoms with E-state index < -0.39 is 6.17 Å². The lowest BCUT2D eigenvalue weighted by atomic mass is 10.0. The lowest BCUT2D eigenvalue weighted by Gasteiger charge is -2.11.